The van der Waals surface area contributed by atoms with Crippen LogP contribution in [-0.2, 0) is 19.3 Å². The van der Waals surface area contributed by atoms with Gasteiger partial charge < -0.3 is 4.74 Å². The Balaban J connectivity index is 1.51. The minimum atomic E-state index is -4.74. The molecular weight excluding hydrogens is 509 g/mol. The number of rotatable bonds is 9. The molecule has 4 aromatic rings. The van der Waals surface area contributed by atoms with Gasteiger partial charge in [0.05, 0.1) is 0 Å². The van der Waals surface area contributed by atoms with Crippen LogP contribution in [0.3, 0.4) is 0 Å². The molecule has 0 atom stereocenters. The number of hydrogen-bond donors (Lipinski definition) is 0. The third kappa shape index (κ3) is 6.36. The molecule has 0 N–H and O–H groups in total. The predicted molar refractivity (Wildman–Crippen MR) is 133 cm³/mol. The standard InChI is InChI=1S/C30H23F7O/c1-2-3-4-18-6-11-23(25(31)13-18)21-10-12-24-22(16-21)9-8-20(28(24)34)7-5-19-14-26(32)29(27(33)15-19)38-17-30(35,36)37/h2,6,8-16H,1,3-5,7,17H2. The zero-order chi connectivity index (χ0) is 27.4. The molecule has 0 bridgehead atoms. The minimum Gasteiger partial charge on any atom is -0.478 e. The zero-order valence-corrected chi connectivity index (χ0v) is 20.1. The summed E-state index contributed by atoms with van der Waals surface area (Å²) in [5, 5.41) is 0.865. The first-order valence-corrected chi connectivity index (χ1v) is 11.8. The lowest BCUT2D eigenvalue weighted by Gasteiger charge is -2.12. The van der Waals surface area contributed by atoms with Crippen molar-refractivity contribution in [1.29, 1.82) is 0 Å². The lowest BCUT2D eigenvalue weighted by molar-refractivity contribution is -0.154. The normalized spacial score (nSPS) is 11.7. The number of benzene rings is 4. The monoisotopic (exact) mass is 532 g/mol. The van der Waals surface area contributed by atoms with Crippen LogP contribution in [0, 0.1) is 23.3 Å². The highest BCUT2D eigenvalue weighted by molar-refractivity contribution is 5.88. The molecule has 0 saturated heterocycles. The van der Waals surface area contributed by atoms with Crippen LogP contribution in [0.5, 0.6) is 5.75 Å². The Morgan fingerprint density at radius 3 is 2.11 bits per heavy atom. The summed E-state index contributed by atoms with van der Waals surface area (Å²) in [6.07, 6.45) is -1.43. The molecule has 0 unspecified atom stereocenters. The highest BCUT2D eigenvalue weighted by Crippen LogP contribution is 2.31. The van der Waals surface area contributed by atoms with E-state index >= 15 is 4.39 Å². The summed E-state index contributed by atoms with van der Waals surface area (Å²) in [7, 11) is 0. The zero-order valence-electron chi connectivity index (χ0n) is 20.1. The van der Waals surface area contributed by atoms with Gasteiger partial charge in [0.1, 0.15) is 11.6 Å². The summed E-state index contributed by atoms with van der Waals surface area (Å²) in [6, 6.07) is 14.9. The summed E-state index contributed by atoms with van der Waals surface area (Å²) < 4.78 is 99.4. The predicted octanol–water partition coefficient (Wildman–Crippen LogP) is 8.91. The van der Waals surface area contributed by atoms with Crippen molar-refractivity contribution in [2.75, 3.05) is 6.61 Å². The van der Waals surface area contributed by atoms with Crippen LogP contribution in [0.25, 0.3) is 21.9 Å². The summed E-state index contributed by atoms with van der Waals surface area (Å²) in [6.45, 7) is 1.84. The van der Waals surface area contributed by atoms with Gasteiger partial charge in [-0.25, -0.2) is 17.6 Å². The molecular formula is C30H23F7O. The third-order valence-corrected chi connectivity index (χ3v) is 6.14. The maximum Gasteiger partial charge on any atom is 0.422 e. The Morgan fingerprint density at radius 1 is 0.737 bits per heavy atom. The number of aryl methyl sites for hydroxylation is 3. The first-order valence-electron chi connectivity index (χ1n) is 11.8. The van der Waals surface area contributed by atoms with Crippen LogP contribution in [-0.4, -0.2) is 12.8 Å². The second kappa shape index (κ2) is 11.3. The van der Waals surface area contributed by atoms with Gasteiger partial charge in [0.25, 0.3) is 0 Å². The van der Waals surface area contributed by atoms with Gasteiger partial charge in [0.15, 0.2) is 24.0 Å². The van der Waals surface area contributed by atoms with Gasteiger partial charge in [-0.2, -0.15) is 13.2 Å². The van der Waals surface area contributed by atoms with E-state index in [0.717, 1.165) is 24.1 Å². The van der Waals surface area contributed by atoms with Gasteiger partial charge in [0, 0.05) is 10.9 Å². The average molecular weight is 532 g/mol. The lowest BCUT2D eigenvalue weighted by atomic mass is 9.96. The van der Waals surface area contributed by atoms with Gasteiger partial charge >= 0.3 is 6.18 Å². The lowest BCUT2D eigenvalue weighted by Crippen LogP contribution is -2.20. The SMILES string of the molecule is C=CCCc1ccc(-c2ccc3c(F)c(CCc4cc(F)c(OCC(F)(F)F)c(F)c4)ccc3c2)c(F)c1. The molecule has 0 spiro atoms. The fourth-order valence-electron chi connectivity index (χ4n) is 4.24. The molecule has 0 aliphatic rings. The number of ether oxygens (including phenoxy) is 1. The summed E-state index contributed by atoms with van der Waals surface area (Å²) in [5.41, 5.74) is 2.27. The number of fused-ring (bicyclic) bond motifs is 1. The van der Waals surface area contributed by atoms with E-state index in [4.69, 9.17) is 0 Å². The topological polar surface area (TPSA) is 9.23 Å². The van der Waals surface area contributed by atoms with Crippen molar-refractivity contribution < 1.29 is 35.5 Å². The summed E-state index contributed by atoms with van der Waals surface area (Å²) in [5.74, 6) is -4.53. The smallest absolute Gasteiger partial charge is 0.422 e. The molecule has 0 amide bonds. The van der Waals surface area contributed by atoms with Crippen LogP contribution in [0.4, 0.5) is 30.7 Å². The average Bonchev–Trinajstić information content (AvgIpc) is 2.86. The minimum absolute atomic E-state index is 0.0390. The highest BCUT2D eigenvalue weighted by atomic mass is 19.4. The van der Waals surface area contributed by atoms with Crippen LogP contribution in [0.15, 0.2) is 73.3 Å². The number of hydrogen-bond acceptors (Lipinski definition) is 1. The van der Waals surface area contributed by atoms with Crippen LogP contribution >= 0.6 is 0 Å². The molecule has 0 aliphatic heterocycles. The Kier molecular flexibility index (Phi) is 8.09. The molecule has 4 aromatic carbocycles. The van der Waals surface area contributed by atoms with Crippen molar-refractivity contribution in [2.45, 2.75) is 31.9 Å². The Morgan fingerprint density at radius 2 is 1.45 bits per heavy atom. The highest BCUT2D eigenvalue weighted by Gasteiger charge is 2.30. The van der Waals surface area contributed by atoms with Gasteiger partial charge in [-0.1, -0.05) is 42.5 Å². The molecule has 0 aromatic heterocycles. The largest absolute Gasteiger partial charge is 0.478 e. The number of alkyl halides is 3. The van der Waals surface area contributed by atoms with Crippen molar-refractivity contribution in [1.82, 2.24) is 0 Å². The van der Waals surface area contributed by atoms with Crippen molar-refractivity contribution in [2.24, 2.45) is 0 Å². The van der Waals surface area contributed by atoms with E-state index in [9.17, 15) is 26.3 Å². The summed E-state index contributed by atoms with van der Waals surface area (Å²) in [4.78, 5) is 0. The van der Waals surface area contributed by atoms with E-state index < -0.39 is 36.0 Å². The maximum absolute atomic E-state index is 15.2. The van der Waals surface area contributed by atoms with E-state index in [1.165, 1.54) is 6.07 Å². The van der Waals surface area contributed by atoms with E-state index in [-0.39, 0.29) is 24.2 Å². The van der Waals surface area contributed by atoms with Gasteiger partial charge in [-0.3, -0.25) is 0 Å². The maximum atomic E-state index is 15.2. The second-order valence-electron chi connectivity index (χ2n) is 8.91. The molecule has 0 aliphatic carbocycles. The van der Waals surface area contributed by atoms with E-state index in [1.807, 2.05) is 6.07 Å². The number of allylic oxidation sites excluding steroid dienone is 1. The fourth-order valence-corrected chi connectivity index (χ4v) is 4.24. The van der Waals surface area contributed by atoms with Crippen LogP contribution in [0.1, 0.15) is 23.1 Å². The second-order valence-corrected chi connectivity index (χ2v) is 8.91. The molecule has 0 heterocycles. The Hall–Kier alpha value is -3.81. The van der Waals surface area contributed by atoms with Crippen molar-refractivity contribution in [3.05, 3.63) is 113 Å². The van der Waals surface area contributed by atoms with Crippen LogP contribution < -0.4 is 4.74 Å². The van der Waals surface area contributed by atoms with Crippen molar-refractivity contribution in [3.8, 4) is 16.9 Å². The number of halogens is 7. The van der Waals surface area contributed by atoms with Crippen molar-refractivity contribution in [3.63, 3.8) is 0 Å². The van der Waals surface area contributed by atoms with Crippen molar-refractivity contribution >= 4 is 10.8 Å². The first-order chi connectivity index (χ1) is 18.1. The molecule has 4 rings (SSSR count). The molecule has 8 heteroatoms. The molecule has 0 saturated carbocycles. The van der Waals surface area contributed by atoms with Gasteiger partial charge in [-0.15, -0.1) is 6.58 Å². The Labute approximate surface area is 215 Å². The molecule has 38 heavy (non-hydrogen) atoms. The fraction of sp³-hybridized carbons (Fsp3) is 0.200. The van der Waals surface area contributed by atoms with E-state index in [0.29, 0.717) is 33.9 Å². The third-order valence-electron chi connectivity index (χ3n) is 6.14. The molecule has 0 fully saturated rings. The first kappa shape index (κ1) is 27.2. The van der Waals surface area contributed by atoms with Gasteiger partial charge in [0.2, 0.25) is 0 Å². The van der Waals surface area contributed by atoms with Gasteiger partial charge in [-0.05, 0) is 77.6 Å². The Bertz CT molecular complexity index is 1450. The molecule has 198 valence electrons. The van der Waals surface area contributed by atoms with E-state index in [2.05, 4.69) is 11.3 Å². The van der Waals surface area contributed by atoms with Crippen LogP contribution in [0.2, 0.25) is 0 Å². The molecule has 1 nitrogen and oxygen atoms in total. The quantitative estimate of drug-likeness (QED) is 0.155. The summed E-state index contributed by atoms with van der Waals surface area (Å²) >= 11 is 0. The van der Waals surface area contributed by atoms with E-state index in [1.54, 1.807) is 42.5 Å². The molecule has 0 radical (unpaired) electrons.